The van der Waals surface area contributed by atoms with Crippen LogP contribution in [0.25, 0.3) is 0 Å². The zero-order valence-corrected chi connectivity index (χ0v) is 36.5. The highest BCUT2D eigenvalue weighted by Crippen LogP contribution is 2.72. The third-order valence-electron chi connectivity index (χ3n) is 13.9. The lowest BCUT2D eigenvalue weighted by molar-refractivity contribution is -0.361. The van der Waals surface area contributed by atoms with Gasteiger partial charge in [0.1, 0.15) is 23.4 Å². The molecule has 2 unspecified atom stereocenters. The molecule has 4 fully saturated rings. The second kappa shape index (κ2) is 15.9. The minimum atomic E-state index is -1.77. The predicted octanol–water partition coefficient (Wildman–Crippen LogP) is 6.59. The molecule has 6 rings (SSSR count). The molecule has 3 saturated carbocycles. The molecule has 1 aromatic rings. The molecule has 3 N–H and O–H groups in total. The van der Waals surface area contributed by atoms with Crippen molar-refractivity contribution in [3.63, 3.8) is 0 Å². The molecule has 1 amide bonds. The van der Waals surface area contributed by atoms with Crippen LogP contribution in [-0.4, -0.2) is 93.9 Å². The van der Waals surface area contributed by atoms with Gasteiger partial charge in [-0.2, -0.15) is 0 Å². The molecule has 1 saturated heterocycles. The molecule has 13 atom stereocenters. The van der Waals surface area contributed by atoms with Gasteiger partial charge in [-0.3, -0.25) is 4.79 Å². The quantitative estimate of drug-likeness (QED) is 0.124. The monoisotopic (exact) mass is 823 g/mol. The van der Waals surface area contributed by atoms with Crippen LogP contribution in [0.2, 0.25) is 0 Å². The maximum atomic E-state index is 14.5. The standard InChI is InChI=1S/C46H65NO12/c1-13-33-55-32-22-29-19-20-46(29,58-27(6)48)36-38(57-39(50)28-17-15-14-16-18-28)45(43(10,11)53)23-31(25(4)34(45)26(5)37(56-33)44(32,36)12)54-40(51)35(49)30(21-24(2)3)47-41(52)59-42(7,8)9/h13-18,24,26,29-33,35-38,49,53H,1,19-23H2,2-12H3,(H,47,52)/t26-,29?,30-,31-,32-,33?,35+,36-,37-,38-,44+,45-,46-/m0/s1. The fourth-order valence-corrected chi connectivity index (χ4v) is 11.6. The number of benzene rings is 1. The molecule has 1 aliphatic heterocycles. The van der Waals surface area contributed by atoms with Gasteiger partial charge in [-0.25, -0.2) is 14.4 Å². The third kappa shape index (κ3) is 7.74. The first-order valence-corrected chi connectivity index (χ1v) is 21.1. The van der Waals surface area contributed by atoms with Crippen molar-refractivity contribution in [1.29, 1.82) is 0 Å². The minimum Gasteiger partial charge on any atom is -0.458 e. The lowest BCUT2D eigenvalue weighted by Gasteiger charge is -2.68. The van der Waals surface area contributed by atoms with Gasteiger partial charge in [0.25, 0.3) is 0 Å². The highest BCUT2D eigenvalue weighted by molar-refractivity contribution is 5.89. The van der Waals surface area contributed by atoms with E-state index in [2.05, 4.69) is 18.8 Å². The number of carbonyl (C=O) groups is 4. The Morgan fingerprint density at radius 1 is 1.07 bits per heavy atom. The zero-order chi connectivity index (χ0) is 43.6. The molecule has 326 valence electrons. The number of fused-ring (bicyclic) bond motifs is 3. The summed E-state index contributed by atoms with van der Waals surface area (Å²) in [6.07, 6.45) is -2.98. The number of rotatable bonds is 11. The molecule has 59 heavy (non-hydrogen) atoms. The molecule has 1 heterocycles. The Balaban J connectivity index is 1.52. The van der Waals surface area contributed by atoms with Crippen molar-refractivity contribution < 1.29 is 57.8 Å². The number of aliphatic hydroxyl groups is 2. The lowest BCUT2D eigenvalue weighted by atomic mass is 9.43. The highest BCUT2D eigenvalue weighted by Gasteiger charge is 2.79. The lowest BCUT2D eigenvalue weighted by Crippen LogP contribution is -2.75. The van der Waals surface area contributed by atoms with Gasteiger partial charge in [0.2, 0.25) is 0 Å². The fourth-order valence-electron chi connectivity index (χ4n) is 11.6. The summed E-state index contributed by atoms with van der Waals surface area (Å²) >= 11 is 0. The Morgan fingerprint density at radius 3 is 2.27 bits per heavy atom. The summed E-state index contributed by atoms with van der Waals surface area (Å²) in [6, 6.07) is 7.55. The Hall–Kier alpha value is -3.78. The number of ether oxygens (including phenoxy) is 6. The van der Waals surface area contributed by atoms with Crippen LogP contribution in [0.1, 0.15) is 119 Å². The van der Waals surface area contributed by atoms with E-state index < -0.39 is 106 Å². The average molecular weight is 824 g/mol. The van der Waals surface area contributed by atoms with E-state index in [4.69, 9.17) is 28.4 Å². The molecule has 0 bridgehead atoms. The topological polar surface area (TPSA) is 176 Å². The van der Waals surface area contributed by atoms with Crippen LogP contribution >= 0.6 is 0 Å². The van der Waals surface area contributed by atoms with Crippen molar-refractivity contribution in [1.82, 2.24) is 5.32 Å². The van der Waals surface area contributed by atoms with Gasteiger partial charge in [0.15, 0.2) is 12.4 Å². The number of alkyl carbamates (subject to hydrolysis) is 1. The van der Waals surface area contributed by atoms with Crippen molar-refractivity contribution in [2.24, 2.45) is 34.5 Å². The van der Waals surface area contributed by atoms with E-state index in [1.54, 1.807) is 71.0 Å². The smallest absolute Gasteiger partial charge is 0.407 e. The van der Waals surface area contributed by atoms with Gasteiger partial charge in [-0.1, -0.05) is 52.5 Å². The van der Waals surface area contributed by atoms with E-state index in [1.165, 1.54) is 6.92 Å². The number of aliphatic hydroxyl groups excluding tert-OH is 1. The van der Waals surface area contributed by atoms with Crippen LogP contribution in [-0.2, 0) is 38.0 Å². The fraction of sp³-hybridized carbons (Fsp3) is 0.696. The van der Waals surface area contributed by atoms with Crippen LogP contribution in [0.5, 0.6) is 0 Å². The van der Waals surface area contributed by atoms with Crippen molar-refractivity contribution in [3.05, 3.63) is 59.7 Å². The Bertz CT molecular complexity index is 1830. The molecule has 0 spiro atoms. The molecule has 1 aromatic carbocycles. The van der Waals surface area contributed by atoms with Gasteiger partial charge in [-0.05, 0) is 102 Å². The summed E-state index contributed by atoms with van der Waals surface area (Å²) in [6.45, 7) is 23.6. The van der Waals surface area contributed by atoms with E-state index in [0.717, 1.165) is 6.42 Å². The largest absolute Gasteiger partial charge is 0.458 e. The van der Waals surface area contributed by atoms with Crippen LogP contribution in [0.4, 0.5) is 4.79 Å². The van der Waals surface area contributed by atoms with Crippen LogP contribution < -0.4 is 5.32 Å². The summed E-state index contributed by atoms with van der Waals surface area (Å²) < 4.78 is 38.6. The van der Waals surface area contributed by atoms with Gasteiger partial charge < -0.3 is 44.0 Å². The molecular formula is C46H65NO12. The maximum Gasteiger partial charge on any atom is 0.407 e. The number of esters is 3. The zero-order valence-electron chi connectivity index (χ0n) is 36.5. The van der Waals surface area contributed by atoms with E-state index in [1.807, 2.05) is 27.7 Å². The second-order valence-corrected chi connectivity index (χ2v) is 19.7. The van der Waals surface area contributed by atoms with Crippen LogP contribution in [0.15, 0.2) is 54.1 Å². The van der Waals surface area contributed by atoms with Gasteiger partial charge in [0.05, 0.1) is 34.8 Å². The summed E-state index contributed by atoms with van der Waals surface area (Å²) in [7, 11) is 0. The Labute approximate surface area is 348 Å². The van der Waals surface area contributed by atoms with Crippen molar-refractivity contribution in [2.75, 3.05) is 0 Å². The maximum absolute atomic E-state index is 14.5. The number of hydrogen-bond donors (Lipinski definition) is 3. The summed E-state index contributed by atoms with van der Waals surface area (Å²) in [5, 5.41) is 27.1. The van der Waals surface area contributed by atoms with E-state index >= 15 is 0 Å². The Kier molecular flexibility index (Phi) is 12.1. The molecule has 13 heteroatoms. The predicted molar refractivity (Wildman–Crippen MR) is 217 cm³/mol. The van der Waals surface area contributed by atoms with Crippen LogP contribution in [0, 0.1) is 34.5 Å². The highest BCUT2D eigenvalue weighted by atomic mass is 16.7. The van der Waals surface area contributed by atoms with Gasteiger partial charge in [-0.15, -0.1) is 0 Å². The first-order valence-electron chi connectivity index (χ1n) is 21.1. The van der Waals surface area contributed by atoms with E-state index in [-0.39, 0.29) is 24.7 Å². The van der Waals surface area contributed by atoms with Gasteiger partial charge >= 0.3 is 24.0 Å². The first-order chi connectivity index (χ1) is 27.4. The van der Waals surface area contributed by atoms with Crippen molar-refractivity contribution in [2.45, 2.75) is 168 Å². The number of hydrogen-bond acceptors (Lipinski definition) is 12. The molecule has 0 radical (unpaired) electrons. The number of carbonyl (C=O) groups excluding carboxylic acids is 4. The number of nitrogens with one attached hydrogen (secondary N) is 1. The second-order valence-electron chi connectivity index (χ2n) is 19.7. The Morgan fingerprint density at radius 2 is 1.73 bits per heavy atom. The molecular weight excluding hydrogens is 759 g/mol. The normalized spacial score (nSPS) is 36.0. The molecule has 13 nitrogen and oxygen atoms in total. The molecule has 5 aliphatic rings. The van der Waals surface area contributed by atoms with Crippen molar-refractivity contribution in [3.8, 4) is 0 Å². The van der Waals surface area contributed by atoms with Crippen LogP contribution in [0.3, 0.4) is 0 Å². The first kappa shape index (κ1) is 44.8. The summed E-state index contributed by atoms with van der Waals surface area (Å²) in [5.41, 5.74) is -4.41. The third-order valence-corrected chi connectivity index (χ3v) is 13.9. The number of amides is 1. The summed E-state index contributed by atoms with van der Waals surface area (Å²) in [5.74, 6) is -3.53. The van der Waals surface area contributed by atoms with E-state index in [9.17, 15) is 29.4 Å². The van der Waals surface area contributed by atoms with Gasteiger partial charge in [0, 0.05) is 36.5 Å². The molecule has 4 aliphatic carbocycles. The summed E-state index contributed by atoms with van der Waals surface area (Å²) in [4.78, 5) is 54.7. The van der Waals surface area contributed by atoms with Crippen molar-refractivity contribution >= 4 is 24.0 Å². The SMILES string of the molecule is C=CC1O[C@H]2CC3CC[C@@]3(OC(C)=O)[C@H]3[C@H](OC(=O)c4ccccc4)[C@]4(C(C)(C)O)C[C@H](OC(=O)[C@H](O)[C@H](CC(C)C)NC(=O)OC(C)(C)C)C(C)=C4[C@H](C)[C@H](O1)[C@]23C. The minimum absolute atomic E-state index is 0.0222. The average Bonchev–Trinajstić information content (AvgIpc) is 3.39. The van der Waals surface area contributed by atoms with E-state index in [0.29, 0.717) is 29.6 Å². The molecule has 0 aromatic heterocycles.